The molecule has 0 aromatic heterocycles. The summed E-state index contributed by atoms with van der Waals surface area (Å²) in [6, 6.07) is 9.92. The topological polar surface area (TPSA) is 63.5 Å². The van der Waals surface area contributed by atoms with E-state index in [4.69, 9.17) is 9.47 Å². The van der Waals surface area contributed by atoms with Gasteiger partial charge in [0.05, 0.1) is 24.1 Å². The molecule has 1 aromatic carbocycles. The van der Waals surface area contributed by atoms with Crippen LogP contribution in [0.25, 0.3) is 0 Å². The van der Waals surface area contributed by atoms with Crippen molar-refractivity contribution in [2.45, 2.75) is 36.7 Å². The van der Waals surface area contributed by atoms with Gasteiger partial charge >= 0.3 is 0 Å². The summed E-state index contributed by atoms with van der Waals surface area (Å²) in [5.41, 5.74) is 0.687. The Labute approximate surface area is 134 Å². The number of carbonyl (C=O) groups is 1. The molecule has 1 amide bonds. The second-order valence-corrected chi connectivity index (χ2v) is 6.81. The fraction of sp³-hybridized carbons (Fsp3) is 0.588. The van der Waals surface area contributed by atoms with Gasteiger partial charge in [-0.25, -0.2) is 0 Å². The number of fused-ring (bicyclic) bond motifs is 4. The molecule has 0 aliphatic carbocycles. The van der Waals surface area contributed by atoms with Crippen LogP contribution >= 0.6 is 0 Å². The largest absolute Gasteiger partial charge is 0.381 e. The molecule has 4 aliphatic rings. The maximum absolute atomic E-state index is 13.2. The molecule has 0 bridgehead atoms. The molecule has 6 heteroatoms. The summed E-state index contributed by atoms with van der Waals surface area (Å²) in [4.78, 5) is 15.1. The molecule has 1 spiro atoms. The third-order valence-electron chi connectivity index (χ3n) is 5.70. The van der Waals surface area contributed by atoms with Gasteiger partial charge in [0.25, 0.3) is 0 Å². The Kier molecular flexibility index (Phi) is 2.87. The standard InChI is InChI=1S/C17H19N3O3/c21-15-13-14(18-19-17(13)6-8-22-9-7-17)12-10-23-16(20(12)15)11-4-2-1-3-5-11/h1-5,12-14,16H,6-10H2/t12-,13-,14-,16-/m1/s1. The van der Waals surface area contributed by atoms with E-state index in [1.165, 1.54) is 0 Å². The molecule has 5 rings (SSSR count). The SMILES string of the molecule is O=C1[C@H]2[C@H](N=NC23CCOCC3)[C@H]2CO[C@H](c3ccccc3)N12. The van der Waals surface area contributed by atoms with Crippen molar-refractivity contribution >= 4 is 5.91 Å². The number of rotatable bonds is 1. The van der Waals surface area contributed by atoms with Crippen LogP contribution in [-0.2, 0) is 14.3 Å². The first-order valence-corrected chi connectivity index (χ1v) is 8.29. The van der Waals surface area contributed by atoms with Crippen molar-refractivity contribution in [3.8, 4) is 0 Å². The molecule has 23 heavy (non-hydrogen) atoms. The number of nitrogens with zero attached hydrogens (tertiary/aromatic N) is 3. The summed E-state index contributed by atoms with van der Waals surface area (Å²) in [6.07, 6.45) is 1.30. The van der Waals surface area contributed by atoms with E-state index in [1.54, 1.807) is 0 Å². The van der Waals surface area contributed by atoms with E-state index in [0.717, 1.165) is 18.4 Å². The summed E-state index contributed by atoms with van der Waals surface area (Å²) in [6.45, 7) is 1.87. The number of hydrogen-bond acceptors (Lipinski definition) is 5. The van der Waals surface area contributed by atoms with Gasteiger partial charge in [-0.2, -0.15) is 10.2 Å². The average molecular weight is 313 g/mol. The summed E-state index contributed by atoms with van der Waals surface area (Å²) in [7, 11) is 0. The highest BCUT2D eigenvalue weighted by Gasteiger charge is 2.64. The van der Waals surface area contributed by atoms with Gasteiger partial charge in [0.15, 0.2) is 6.23 Å². The number of amides is 1. The smallest absolute Gasteiger partial charge is 0.233 e. The second kappa shape index (κ2) is 4.85. The van der Waals surface area contributed by atoms with Crippen LogP contribution in [0.4, 0.5) is 0 Å². The Morgan fingerprint density at radius 2 is 1.96 bits per heavy atom. The molecule has 3 saturated heterocycles. The lowest BCUT2D eigenvalue weighted by Crippen LogP contribution is -2.45. The molecule has 4 heterocycles. The van der Waals surface area contributed by atoms with E-state index >= 15 is 0 Å². The lowest BCUT2D eigenvalue weighted by molar-refractivity contribution is -0.140. The van der Waals surface area contributed by atoms with E-state index in [-0.39, 0.29) is 35.7 Å². The highest BCUT2D eigenvalue weighted by atomic mass is 16.5. The van der Waals surface area contributed by atoms with E-state index < -0.39 is 0 Å². The van der Waals surface area contributed by atoms with Gasteiger partial charge in [-0.05, 0) is 12.8 Å². The quantitative estimate of drug-likeness (QED) is 0.796. The minimum absolute atomic E-state index is 0.0173. The molecule has 4 aliphatic heterocycles. The van der Waals surface area contributed by atoms with Crippen LogP contribution < -0.4 is 0 Å². The van der Waals surface area contributed by atoms with Gasteiger partial charge in [-0.15, -0.1) is 0 Å². The molecule has 0 saturated carbocycles. The molecule has 4 atom stereocenters. The van der Waals surface area contributed by atoms with Gasteiger partial charge in [0.2, 0.25) is 5.91 Å². The van der Waals surface area contributed by atoms with Gasteiger partial charge in [0, 0.05) is 18.8 Å². The highest BCUT2D eigenvalue weighted by molar-refractivity contribution is 5.85. The van der Waals surface area contributed by atoms with Crippen molar-refractivity contribution in [1.82, 2.24) is 4.90 Å². The molecule has 1 aromatic rings. The Morgan fingerprint density at radius 1 is 1.17 bits per heavy atom. The maximum atomic E-state index is 13.2. The fourth-order valence-electron chi connectivity index (χ4n) is 4.54. The molecule has 120 valence electrons. The van der Waals surface area contributed by atoms with Crippen molar-refractivity contribution < 1.29 is 14.3 Å². The first kappa shape index (κ1) is 13.6. The molecule has 6 nitrogen and oxygen atoms in total. The minimum Gasteiger partial charge on any atom is -0.381 e. The normalized spacial score (nSPS) is 37.4. The first-order chi connectivity index (χ1) is 11.3. The number of ether oxygens (including phenoxy) is 2. The molecular formula is C17H19N3O3. The number of azo groups is 1. The highest BCUT2D eigenvalue weighted by Crippen LogP contribution is 2.51. The van der Waals surface area contributed by atoms with Gasteiger partial charge in [-0.1, -0.05) is 30.3 Å². The fourth-order valence-corrected chi connectivity index (χ4v) is 4.54. The second-order valence-electron chi connectivity index (χ2n) is 6.81. The molecule has 0 radical (unpaired) electrons. The van der Waals surface area contributed by atoms with Crippen molar-refractivity contribution in [2.24, 2.45) is 16.1 Å². The van der Waals surface area contributed by atoms with Crippen LogP contribution in [0.1, 0.15) is 24.6 Å². The van der Waals surface area contributed by atoms with Crippen LogP contribution in [0, 0.1) is 5.92 Å². The predicted octanol–water partition coefficient (Wildman–Crippen LogP) is 1.93. The van der Waals surface area contributed by atoms with Crippen LogP contribution in [0.2, 0.25) is 0 Å². The van der Waals surface area contributed by atoms with Crippen LogP contribution in [0.15, 0.2) is 40.6 Å². The van der Waals surface area contributed by atoms with E-state index in [1.807, 2.05) is 35.2 Å². The minimum atomic E-state index is -0.342. The van der Waals surface area contributed by atoms with Gasteiger partial charge < -0.3 is 14.4 Å². The van der Waals surface area contributed by atoms with Crippen molar-refractivity contribution in [2.75, 3.05) is 19.8 Å². The number of benzene rings is 1. The van der Waals surface area contributed by atoms with Crippen LogP contribution in [0.3, 0.4) is 0 Å². The summed E-state index contributed by atoms with van der Waals surface area (Å²) in [5, 5.41) is 9.08. The summed E-state index contributed by atoms with van der Waals surface area (Å²) in [5.74, 6) is 0.0183. The van der Waals surface area contributed by atoms with Crippen LogP contribution in [0.5, 0.6) is 0 Å². The molecular weight excluding hydrogens is 294 g/mol. The summed E-state index contributed by atoms with van der Waals surface area (Å²) >= 11 is 0. The molecule has 0 unspecified atom stereocenters. The molecule has 3 fully saturated rings. The zero-order valence-electron chi connectivity index (χ0n) is 12.8. The van der Waals surface area contributed by atoms with E-state index in [9.17, 15) is 4.79 Å². The third-order valence-corrected chi connectivity index (χ3v) is 5.70. The van der Waals surface area contributed by atoms with E-state index in [0.29, 0.717) is 19.8 Å². The molecule has 0 N–H and O–H groups in total. The Bertz CT molecular complexity index is 656. The lowest BCUT2D eigenvalue weighted by Gasteiger charge is -2.34. The Balaban J connectivity index is 1.49. The third kappa shape index (κ3) is 1.79. The van der Waals surface area contributed by atoms with Crippen molar-refractivity contribution in [3.63, 3.8) is 0 Å². The van der Waals surface area contributed by atoms with E-state index in [2.05, 4.69) is 10.2 Å². The lowest BCUT2D eigenvalue weighted by atomic mass is 9.76. The maximum Gasteiger partial charge on any atom is 0.233 e. The monoisotopic (exact) mass is 313 g/mol. The van der Waals surface area contributed by atoms with Crippen LogP contribution in [-0.4, -0.2) is 48.3 Å². The average Bonchev–Trinajstić information content (AvgIpc) is 3.24. The Hall–Kier alpha value is -1.79. The Morgan fingerprint density at radius 3 is 2.74 bits per heavy atom. The zero-order chi connectivity index (χ0) is 15.4. The van der Waals surface area contributed by atoms with Crippen molar-refractivity contribution in [3.05, 3.63) is 35.9 Å². The number of carbonyl (C=O) groups excluding carboxylic acids is 1. The van der Waals surface area contributed by atoms with Gasteiger partial charge in [0.1, 0.15) is 6.04 Å². The zero-order valence-corrected chi connectivity index (χ0v) is 12.8. The predicted molar refractivity (Wildman–Crippen MR) is 80.7 cm³/mol. The first-order valence-electron chi connectivity index (χ1n) is 8.29. The van der Waals surface area contributed by atoms with Gasteiger partial charge in [-0.3, -0.25) is 4.79 Å². The summed E-state index contributed by atoms with van der Waals surface area (Å²) < 4.78 is 11.4. The van der Waals surface area contributed by atoms with Crippen molar-refractivity contribution in [1.29, 1.82) is 0 Å². The number of hydrogen-bond donors (Lipinski definition) is 0.